The van der Waals surface area contributed by atoms with Gasteiger partial charge < -0.3 is 4.57 Å². The highest BCUT2D eigenvalue weighted by Crippen LogP contribution is 2.31. The first kappa shape index (κ1) is 10.3. The number of aryl methyl sites for hydroxylation is 1. The van der Waals surface area contributed by atoms with E-state index < -0.39 is 0 Å². The van der Waals surface area contributed by atoms with E-state index in [1.807, 2.05) is 6.07 Å². The van der Waals surface area contributed by atoms with Crippen molar-refractivity contribution in [2.24, 2.45) is 0 Å². The summed E-state index contributed by atoms with van der Waals surface area (Å²) in [6.07, 6.45) is 6.61. The van der Waals surface area contributed by atoms with Crippen molar-refractivity contribution in [3.05, 3.63) is 23.0 Å². The van der Waals surface area contributed by atoms with E-state index in [0.29, 0.717) is 6.04 Å². The summed E-state index contributed by atoms with van der Waals surface area (Å²) in [7, 11) is 0. The average Bonchev–Trinajstić information content (AvgIpc) is 2.55. The van der Waals surface area contributed by atoms with Crippen LogP contribution in [0.15, 0.2) is 6.07 Å². The number of rotatable bonds is 1. The van der Waals surface area contributed by atoms with Gasteiger partial charge in [-0.3, -0.25) is 0 Å². The zero-order valence-electron chi connectivity index (χ0n) is 9.58. The van der Waals surface area contributed by atoms with Crippen molar-refractivity contribution in [1.82, 2.24) is 4.57 Å². The van der Waals surface area contributed by atoms with Crippen LogP contribution in [0.5, 0.6) is 0 Å². The van der Waals surface area contributed by atoms with Gasteiger partial charge in [0.25, 0.3) is 0 Å². The molecule has 0 bridgehead atoms. The Morgan fingerprint density at radius 3 is 2.47 bits per heavy atom. The largest absolute Gasteiger partial charge is 0.345 e. The van der Waals surface area contributed by atoms with Crippen LogP contribution in [-0.4, -0.2) is 4.57 Å². The van der Waals surface area contributed by atoms with Crippen LogP contribution in [0.2, 0.25) is 0 Å². The first-order chi connectivity index (χ1) is 7.24. The van der Waals surface area contributed by atoms with Gasteiger partial charge in [0.2, 0.25) is 0 Å². The van der Waals surface area contributed by atoms with Crippen LogP contribution >= 0.6 is 0 Å². The molecule has 1 fully saturated rings. The lowest BCUT2D eigenvalue weighted by Crippen LogP contribution is -2.15. The zero-order chi connectivity index (χ0) is 10.8. The third kappa shape index (κ3) is 1.79. The predicted octanol–water partition coefficient (Wildman–Crippen LogP) is 3.48. The normalized spacial score (nSPS) is 17.7. The van der Waals surface area contributed by atoms with Crippen LogP contribution in [0.1, 0.15) is 55.1 Å². The minimum Gasteiger partial charge on any atom is -0.345 e. The Labute approximate surface area is 91.5 Å². The molecule has 0 unspecified atom stereocenters. The minimum absolute atomic E-state index is 0.640. The SMILES string of the molecule is Cc1cc(C#N)c(C)n1C1CCCCC1. The van der Waals surface area contributed by atoms with Gasteiger partial charge in [0.1, 0.15) is 6.07 Å². The van der Waals surface area contributed by atoms with Crippen LogP contribution in [0.4, 0.5) is 0 Å². The summed E-state index contributed by atoms with van der Waals surface area (Å²) < 4.78 is 2.37. The maximum Gasteiger partial charge on any atom is 0.101 e. The Balaban J connectivity index is 2.34. The molecule has 1 aliphatic rings. The monoisotopic (exact) mass is 202 g/mol. The van der Waals surface area contributed by atoms with E-state index in [1.165, 1.54) is 37.8 Å². The fraction of sp³-hybridized carbons (Fsp3) is 0.615. The quantitative estimate of drug-likeness (QED) is 0.685. The molecule has 0 N–H and O–H groups in total. The van der Waals surface area contributed by atoms with Gasteiger partial charge in [0.05, 0.1) is 5.56 Å². The molecule has 0 aromatic carbocycles. The molecule has 15 heavy (non-hydrogen) atoms. The fourth-order valence-electron chi connectivity index (χ4n) is 2.79. The molecule has 0 spiro atoms. The molecule has 0 saturated heterocycles. The number of nitriles is 1. The molecular formula is C13H18N2. The third-order valence-electron chi connectivity index (χ3n) is 3.54. The minimum atomic E-state index is 0.640. The van der Waals surface area contributed by atoms with E-state index in [1.54, 1.807) is 0 Å². The first-order valence-electron chi connectivity index (χ1n) is 5.82. The number of aromatic nitrogens is 1. The van der Waals surface area contributed by atoms with Gasteiger partial charge >= 0.3 is 0 Å². The van der Waals surface area contributed by atoms with E-state index in [0.717, 1.165) is 11.3 Å². The predicted molar refractivity (Wildman–Crippen MR) is 60.7 cm³/mol. The van der Waals surface area contributed by atoms with Crippen LogP contribution in [-0.2, 0) is 0 Å². The van der Waals surface area contributed by atoms with Crippen LogP contribution in [0.3, 0.4) is 0 Å². The third-order valence-corrected chi connectivity index (χ3v) is 3.54. The molecule has 1 saturated carbocycles. The lowest BCUT2D eigenvalue weighted by molar-refractivity contribution is 0.346. The maximum atomic E-state index is 8.99. The van der Waals surface area contributed by atoms with Crippen LogP contribution in [0.25, 0.3) is 0 Å². The summed E-state index contributed by atoms with van der Waals surface area (Å²) in [5.41, 5.74) is 3.25. The Kier molecular flexibility index (Phi) is 2.81. The summed E-state index contributed by atoms with van der Waals surface area (Å²) in [5, 5.41) is 8.99. The van der Waals surface area contributed by atoms with Gasteiger partial charge in [-0.25, -0.2) is 0 Å². The molecule has 0 aliphatic heterocycles. The first-order valence-corrected chi connectivity index (χ1v) is 5.82. The molecule has 0 radical (unpaired) electrons. The highest BCUT2D eigenvalue weighted by atomic mass is 15.0. The van der Waals surface area contributed by atoms with Crippen molar-refractivity contribution in [2.45, 2.75) is 52.0 Å². The van der Waals surface area contributed by atoms with Gasteiger partial charge in [0, 0.05) is 17.4 Å². The van der Waals surface area contributed by atoms with Crippen molar-refractivity contribution in [3.8, 4) is 6.07 Å². The lowest BCUT2D eigenvalue weighted by Gasteiger charge is -2.26. The van der Waals surface area contributed by atoms with E-state index in [-0.39, 0.29) is 0 Å². The number of hydrogen-bond acceptors (Lipinski definition) is 1. The smallest absolute Gasteiger partial charge is 0.101 e. The Morgan fingerprint density at radius 2 is 1.93 bits per heavy atom. The van der Waals surface area contributed by atoms with Crippen molar-refractivity contribution in [3.63, 3.8) is 0 Å². The summed E-state index contributed by atoms with van der Waals surface area (Å²) >= 11 is 0. The van der Waals surface area contributed by atoms with E-state index in [9.17, 15) is 0 Å². The summed E-state index contributed by atoms with van der Waals surface area (Å²) in [6.45, 7) is 4.18. The van der Waals surface area contributed by atoms with Crippen molar-refractivity contribution in [1.29, 1.82) is 5.26 Å². The van der Waals surface area contributed by atoms with Gasteiger partial charge in [-0.05, 0) is 32.8 Å². The molecule has 0 amide bonds. The number of nitrogens with zero attached hydrogens (tertiary/aromatic N) is 2. The van der Waals surface area contributed by atoms with Gasteiger partial charge in [-0.1, -0.05) is 19.3 Å². The average molecular weight is 202 g/mol. The molecule has 2 nitrogen and oxygen atoms in total. The van der Waals surface area contributed by atoms with Crippen molar-refractivity contribution in [2.75, 3.05) is 0 Å². The second-order valence-electron chi connectivity index (χ2n) is 4.56. The summed E-state index contributed by atoms with van der Waals surface area (Å²) in [4.78, 5) is 0. The lowest BCUT2D eigenvalue weighted by atomic mass is 9.95. The Morgan fingerprint density at radius 1 is 1.27 bits per heavy atom. The second-order valence-corrected chi connectivity index (χ2v) is 4.56. The van der Waals surface area contributed by atoms with Crippen LogP contribution < -0.4 is 0 Å². The highest BCUT2D eigenvalue weighted by molar-refractivity contribution is 5.37. The fourth-order valence-corrected chi connectivity index (χ4v) is 2.79. The van der Waals surface area contributed by atoms with Crippen molar-refractivity contribution < 1.29 is 0 Å². The molecule has 2 rings (SSSR count). The maximum absolute atomic E-state index is 8.99. The molecule has 80 valence electrons. The Bertz CT molecular complexity index is 389. The molecule has 1 aliphatic carbocycles. The summed E-state index contributed by atoms with van der Waals surface area (Å²) in [5.74, 6) is 0. The van der Waals surface area contributed by atoms with Crippen molar-refractivity contribution >= 4 is 0 Å². The zero-order valence-corrected chi connectivity index (χ0v) is 9.58. The molecule has 1 heterocycles. The second kappa shape index (κ2) is 4.10. The molecule has 1 aromatic heterocycles. The van der Waals surface area contributed by atoms with Gasteiger partial charge in [-0.15, -0.1) is 0 Å². The van der Waals surface area contributed by atoms with Gasteiger partial charge in [0.15, 0.2) is 0 Å². The molecular weight excluding hydrogens is 184 g/mol. The van der Waals surface area contributed by atoms with Gasteiger partial charge in [-0.2, -0.15) is 5.26 Å². The molecule has 2 heteroatoms. The molecule has 1 aromatic rings. The molecule has 0 atom stereocenters. The number of hydrogen-bond donors (Lipinski definition) is 0. The highest BCUT2D eigenvalue weighted by Gasteiger charge is 2.19. The van der Waals surface area contributed by atoms with E-state index in [2.05, 4.69) is 24.5 Å². The van der Waals surface area contributed by atoms with E-state index >= 15 is 0 Å². The van der Waals surface area contributed by atoms with Crippen LogP contribution in [0, 0.1) is 25.2 Å². The summed E-state index contributed by atoms with van der Waals surface area (Å²) in [6, 6.07) is 4.93. The standard InChI is InChI=1S/C13H18N2/c1-10-8-12(9-14)11(2)15(10)13-6-4-3-5-7-13/h8,13H,3-7H2,1-2H3. The topological polar surface area (TPSA) is 28.7 Å². The van der Waals surface area contributed by atoms with E-state index in [4.69, 9.17) is 5.26 Å². The Hall–Kier alpha value is -1.23.